The summed E-state index contributed by atoms with van der Waals surface area (Å²) in [6.45, 7) is 0. The van der Waals surface area contributed by atoms with Gasteiger partial charge in [-0.05, 0) is 81.9 Å². The molecule has 63 heavy (non-hydrogen) atoms. The van der Waals surface area contributed by atoms with Gasteiger partial charge in [0.2, 0.25) is 5.41 Å². The van der Waals surface area contributed by atoms with Crippen LogP contribution < -0.4 is 9.47 Å². The Labute approximate surface area is 342 Å². The lowest BCUT2D eigenvalue weighted by Crippen LogP contribution is -2.55. The maximum Gasteiger partial charge on any atom is 0.420 e. The van der Waals surface area contributed by atoms with Crippen molar-refractivity contribution in [2.24, 2.45) is 0 Å². The van der Waals surface area contributed by atoms with Crippen LogP contribution in [0.4, 0.5) is 79.0 Å². The molecule has 0 N–H and O–H groups in total. The minimum atomic E-state index is -7.33. The third kappa shape index (κ3) is 9.25. The highest BCUT2D eigenvalue weighted by Crippen LogP contribution is 2.61. The van der Waals surface area contributed by atoms with Gasteiger partial charge in [0.1, 0.15) is 11.5 Å². The number of benzene rings is 6. The first kappa shape index (κ1) is 46.2. The van der Waals surface area contributed by atoms with Crippen molar-refractivity contribution < 1.29 is 88.5 Å². The molecular formula is C43H22F18O2. The summed E-state index contributed by atoms with van der Waals surface area (Å²) in [6.07, 6.45) is -39.9. The average molecular weight is 913 g/mol. The van der Waals surface area contributed by atoms with Crippen molar-refractivity contribution in [2.45, 2.75) is 42.5 Å². The van der Waals surface area contributed by atoms with Gasteiger partial charge in [-0.15, -0.1) is 0 Å². The largest absolute Gasteiger partial charge is 0.456 e. The molecule has 0 atom stereocenters. The first-order valence-corrected chi connectivity index (χ1v) is 17.5. The Kier molecular flexibility index (Phi) is 11.8. The minimum Gasteiger partial charge on any atom is -0.456 e. The first-order valence-electron chi connectivity index (χ1n) is 17.5. The fourth-order valence-corrected chi connectivity index (χ4v) is 6.66. The highest BCUT2D eigenvalue weighted by atomic mass is 19.4. The van der Waals surface area contributed by atoms with E-state index < -0.39 is 123 Å². The van der Waals surface area contributed by atoms with Gasteiger partial charge < -0.3 is 9.47 Å². The molecular weight excluding hydrogens is 890 g/mol. The molecule has 6 rings (SSSR count). The molecule has 6 aromatic rings. The van der Waals surface area contributed by atoms with E-state index in [2.05, 4.69) is 0 Å². The van der Waals surface area contributed by atoms with Crippen LogP contribution >= 0.6 is 0 Å². The monoisotopic (exact) mass is 912 g/mol. The Morgan fingerprint density at radius 2 is 0.524 bits per heavy atom. The molecule has 0 saturated carbocycles. The fraction of sp³-hybridized carbons (Fsp3) is 0.163. The van der Waals surface area contributed by atoms with Crippen LogP contribution in [-0.4, -0.2) is 12.4 Å². The maximum atomic E-state index is 15.3. The van der Waals surface area contributed by atoms with Crippen LogP contribution in [0.3, 0.4) is 0 Å². The molecule has 0 aromatic heterocycles. The summed E-state index contributed by atoms with van der Waals surface area (Å²) in [5.41, 5.74) is -22.9. The summed E-state index contributed by atoms with van der Waals surface area (Å²) >= 11 is 0. The number of rotatable bonds is 8. The van der Waals surface area contributed by atoms with Crippen LogP contribution in [0.25, 0.3) is 22.3 Å². The third-order valence-corrected chi connectivity index (χ3v) is 9.48. The molecule has 332 valence electrons. The Bertz CT molecular complexity index is 2300. The molecule has 0 heterocycles. The van der Waals surface area contributed by atoms with Gasteiger partial charge in [-0.25, -0.2) is 0 Å². The molecule has 0 saturated heterocycles. The van der Waals surface area contributed by atoms with E-state index in [1.54, 1.807) is 60.7 Å². The van der Waals surface area contributed by atoms with Gasteiger partial charge in [-0.1, -0.05) is 84.9 Å². The topological polar surface area (TPSA) is 18.5 Å². The van der Waals surface area contributed by atoms with Gasteiger partial charge >= 0.3 is 37.1 Å². The molecule has 0 aliphatic carbocycles. The molecule has 0 aliphatic heterocycles. The molecule has 0 fully saturated rings. The van der Waals surface area contributed by atoms with E-state index in [1.165, 1.54) is 0 Å². The number of alkyl halides is 18. The lowest BCUT2D eigenvalue weighted by Gasteiger charge is -2.40. The summed E-state index contributed by atoms with van der Waals surface area (Å²) in [5, 5.41) is 0. The quantitative estimate of drug-likeness (QED) is 0.142. The Hall–Kier alpha value is -6.34. The molecule has 6 aromatic carbocycles. The van der Waals surface area contributed by atoms with E-state index in [-0.39, 0.29) is 0 Å². The van der Waals surface area contributed by atoms with Crippen molar-refractivity contribution in [2.75, 3.05) is 0 Å². The second-order valence-corrected chi connectivity index (χ2v) is 13.5. The van der Waals surface area contributed by atoms with E-state index in [0.717, 1.165) is 48.5 Å². The summed E-state index contributed by atoms with van der Waals surface area (Å²) in [6, 6.07) is 18.9. The van der Waals surface area contributed by atoms with Gasteiger partial charge in [0, 0.05) is 0 Å². The van der Waals surface area contributed by atoms with Crippen molar-refractivity contribution in [1.29, 1.82) is 0 Å². The number of ether oxygens (including phenoxy) is 2. The van der Waals surface area contributed by atoms with E-state index >= 15 is 26.3 Å². The van der Waals surface area contributed by atoms with E-state index in [1.807, 2.05) is 0 Å². The SMILES string of the molecule is FC(F)(F)c1cc(C(c2cc(C(F)(F)F)c(Oc3ccc(-c4ccccc4)cc3)c(C(F)(F)F)c2)(C(F)(F)F)C(F)(F)F)cc(C(F)(F)F)c1Oc1ccc(-c2ccccc2)cc1. The standard InChI is InChI=1S/C43H22F18O2/c44-38(45,46)31-19-27(20-32(39(47,48)49)35(31)62-29-15-11-25(12-16-29)23-7-3-1-4-8-23)37(42(56,57)58,43(59,60)61)28-21-33(40(50,51)52)36(34(22-28)41(53,54)55)63-30-17-13-26(14-18-30)24-9-5-2-6-10-24/h1-22H. The Morgan fingerprint density at radius 3 is 0.746 bits per heavy atom. The van der Waals surface area contributed by atoms with Gasteiger partial charge in [0.05, 0.1) is 22.3 Å². The van der Waals surface area contributed by atoms with Crippen LogP contribution in [0.15, 0.2) is 133 Å². The van der Waals surface area contributed by atoms with Crippen molar-refractivity contribution in [1.82, 2.24) is 0 Å². The summed E-state index contributed by atoms with van der Waals surface area (Å²) in [7, 11) is 0. The Balaban J connectivity index is 1.62. The molecule has 0 amide bonds. The first-order chi connectivity index (χ1) is 29.0. The van der Waals surface area contributed by atoms with Crippen molar-refractivity contribution >= 4 is 0 Å². The summed E-state index contributed by atoms with van der Waals surface area (Å²) < 4.78 is 277. The van der Waals surface area contributed by atoms with Crippen molar-refractivity contribution in [3.8, 4) is 45.3 Å². The minimum absolute atomic E-state index is 0.319. The van der Waals surface area contributed by atoms with Crippen LogP contribution in [0.5, 0.6) is 23.0 Å². The average Bonchev–Trinajstić information content (AvgIpc) is 3.17. The zero-order valence-electron chi connectivity index (χ0n) is 30.8. The third-order valence-electron chi connectivity index (χ3n) is 9.48. The van der Waals surface area contributed by atoms with E-state index in [9.17, 15) is 52.7 Å². The summed E-state index contributed by atoms with van der Waals surface area (Å²) in [4.78, 5) is 0. The normalized spacial score (nSPS) is 13.2. The predicted molar refractivity (Wildman–Crippen MR) is 190 cm³/mol. The van der Waals surface area contributed by atoms with Crippen LogP contribution in [0.1, 0.15) is 33.4 Å². The van der Waals surface area contributed by atoms with Gasteiger partial charge in [-0.3, -0.25) is 0 Å². The molecule has 2 nitrogen and oxygen atoms in total. The van der Waals surface area contributed by atoms with Gasteiger partial charge in [0.25, 0.3) is 0 Å². The molecule has 0 radical (unpaired) electrons. The number of hydrogen-bond acceptors (Lipinski definition) is 2. The molecule has 0 bridgehead atoms. The Morgan fingerprint density at radius 1 is 0.286 bits per heavy atom. The van der Waals surface area contributed by atoms with Gasteiger partial charge in [-0.2, -0.15) is 79.0 Å². The van der Waals surface area contributed by atoms with Gasteiger partial charge in [0.15, 0.2) is 11.5 Å². The molecule has 20 heteroatoms. The van der Waals surface area contributed by atoms with E-state index in [4.69, 9.17) is 9.47 Å². The number of hydrogen-bond donors (Lipinski definition) is 0. The molecule has 0 aliphatic rings. The summed E-state index contributed by atoms with van der Waals surface area (Å²) in [5.74, 6) is -6.49. The predicted octanol–water partition coefficient (Wildman–Crippen LogP) is 16.1. The van der Waals surface area contributed by atoms with Crippen LogP contribution in [-0.2, 0) is 30.1 Å². The second-order valence-electron chi connectivity index (χ2n) is 13.5. The zero-order valence-corrected chi connectivity index (χ0v) is 30.8. The maximum absolute atomic E-state index is 15.3. The van der Waals surface area contributed by atoms with Crippen molar-refractivity contribution in [3.63, 3.8) is 0 Å². The highest BCUT2D eigenvalue weighted by Gasteiger charge is 2.73. The smallest absolute Gasteiger partial charge is 0.420 e. The highest BCUT2D eigenvalue weighted by molar-refractivity contribution is 5.66. The van der Waals surface area contributed by atoms with Crippen LogP contribution in [0.2, 0.25) is 0 Å². The molecule has 0 spiro atoms. The second kappa shape index (κ2) is 16.1. The van der Waals surface area contributed by atoms with Crippen LogP contribution in [0, 0.1) is 0 Å². The fourth-order valence-electron chi connectivity index (χ4n) is 6.66. The lowest BCUT2D eigenvalue weighted by atomic mass is 9.71. The molecule has 0 unspecified atom stereocenters. The lowest BCUT2D eigenvalue weighted by molar-refractivity contribution is -0.289. The van der Waals surface area contributed by atoms with Crippen molar-refractivity contribution in [3.05, 3.63) is 167 Å². The van der Waals surface area contributed by atoms with E-state index in [0.29, 0.717) is 22.3 Å². The number of halogens is 18. The zero-order chi connectivity index (χ0) is 46.6.